The van der Waals surface area contributed by atoms with Gasteiger partial charge in [0.2, 0.25) is 0 Å². The number of ether oxygens (including phenoxy) is 1. The molecule has 1 heterocycles. The van der Waals surface area contributed by atoms with Crippen molar-refractivity contribution in [1.29, 1.82) is 0 Å². The molecule has 0 aromatic heterocycles. The van der Waals surface area contributed by atoms with Crippen LogP contribution >= 0.6 is 0 Å². The Labute approximate surface area is 122 Å². The lowest BCUT2D eigenvalue weighted by Gasteiger charge is -2.38. The first kappa shape index (κ1) is 15.7. The first-order valence-electron chi connectivity index (χ1n) is 6.94. The van der Waals surface area contributed by atoms with Gasteiger partial charge in [0, 0.05) is 0 Å². The number of likely N-dealkylation sites (tertiary alicyclic amines) is 1. The minimum absolute atomic E-state index is 0.0540. The summed E-state index contributed by atoms with van der Waals surface area (Å²) in [5, 5.41) is 9.21. The van der Waals surface area contributed by atoms with Gasteiger partial charge in [-0.3, -0.25) is 9.69 Å². The first-order valence-corrected chi connectivity index (χ1v) is 6.94. The van der Waals surface area contributed by atoms with Crippen LogP contribution in [0, 0.1) is 0 Å². The number of aliphatic carboxylic acids is 1. The molecule has 2 rings (SSSR count). The van der Waals surface area contributed by atoms with E-state index >= 15 is 0 Å². The minimum atomic E-state index is -2.89. The summed E-state index contributed by atoms with van der Waals surface area (Å²) in [6.45, 7) is 0.569. The lowest BCUT2D eigenvalue weighted by Crippen LogP contribution is -2.43. The van der Waals surface area contributed by atoms with Crippen LogP contribution in [0.15, 0.2) is 24.3 Å². The molecule has 21 heavy (non-hydrogen) atoms. The number of carboxylic acid groups (broad SMARTS) is 1. The van der Waals surface area contributed by atoms with Gasteiger partial charge >= 0.3 is 12.6 Å². The fourth-order valence-electron chi connectivity index (χ4n) is 2.91. The van der Waals surface area contributed by atoms with E-state index in [1.807, 2.05) is 6.92 Å². The molecule has 1 fully saturated rings. The van der Waals surface area contributed by atoms with Gasteiger partial charge in [-0.1, -0.05) is 12.1 Å². The third-order valence-corrected chi connectivity index (χ3v) is 3.98. The molecule has 0 saturated carbocycles. The molecule has 0 bridgehead atoms. The van der Waals surface area contributed by atoms with Crippen LogP contribution in [0.3, 0.4) is 0 Å². The number of carboxylic acids is 1. The average molecular weight is 299 g/mol. The highest BCUT2D eigenvalue weighted by molar-refractivity contribution is 5.69. The van der Waals surface area contributed by atoms with E-state index < -0.39 is 18.1 Å². The van der Waals surface area contributed by atoms with Crippen molar-refractivity contribution < 1.29 is 23.4 Å². The number of alkyl halides is 2. The van der Waals surface area contributed by atoms with Gasteiger partial charge in [-0.2, -0.15) is 8.78 Å². The van der Waals surface area contributed by atoms with Crippen molar-refractivity contribution >= 4 is 5.97 Å². The molecule has 6 heteroatoms. The molecular weight excluding hydrogens is 280 g/mol. The zero-order chi connectivity index (χ0) is 15.5. The Balaban J connectivity index is 2.33. The molecule has 0 amide bonds. The van der Waals surface area contributed by atoms with Crippen LogP contribution in [-0.4, -0.2) is 35.7 Å². The average Bonchev–Trinajstić information content (AvgIpc) is 2.91. The van der Waals surface area contributed by atoms with Crippen LogP contribution in [0.2, 0.25) is 0 Å². The topological polar surface area (TPSA) is 49.8 Å². The van der Waals surface area contributed by atoms with Gasteiger partial charge in [0.15, 0.2) is 0 Å². The third-order valence-electron chi connectivity index (χ3n) is 3.98. The summed E-state index contributed by atoms with van der Waals surface area (Å²) < 4.78 is 29.1. The molecule has 1 unspecified atom stereocenters. The van der Waals surface area contributed by atoms with Gasteiger partial charge in [-0.05, 0) is 50.6 Å². The largest absolute Gasteiger partial charge is 0.481 e. The van der Waals surface area contributed by atoms with Crippen molar-refractivity contribution in [2.45, 2.75) is 38.3 Å². The second kappa shape index (κ2) is 6.39. The van der Waals surface area contributed by atoms with Crippen molar-refractivity contribution in [3.05, 3.63) is 29.8 Å². The summed E-state index contributed by atoms with van der Waals surface area (Å²) in [7, 11) is 0. The number of hydrogen-bond acceptors (Lipinski definition) is 3. The maximum absolute atomic E-state index is 12.3. The molecular formula is C15H19F2NO3. The third kappa shape index (κ3) is 3.69. The molecule has 1 saturated heterocycles. The highest BCUT2D eigenvalue weighted by Gasteiger charge is 2.37. The van der Waals surface area contributed by atoms with Gasteiger partial charge in [0.25, 0.3) is 0 Å². The fourth-order valence-corrected chi connectivity index (χ4v) is 2.91. The van der Waals surface area contributed by atoms with E-state index in [-0.39, 0.29) is 12.2 Å². The number of rotatable bonds is 6. The predicted octanol–water partition coefficient (Wildman–Crippen LogP) is 3.07. The van der Waals surface area contributed by atoms with Crippen LogP contribution in [0.4, 0.5) is 8.78 Å². The lowest BCUT2D eigenvalue weighted by molar-refractivity contribution is -0.140. The van der Waals surface area contributed by atoms with Crippen LogP contribution < -0.4 is 4.74 Å². The van der Waals surface area contributed by atoms with E-state index in [9.17, 15) is 18.7 Å². The van der Waals surface area contributed by atoms with Crippen molar-refractivity contribution in [3.8, 4) is 5.75 Å². The van der Waals surface area contributed by atoms with Crippen LogP contribution in [0.5, 0.6) is 5.75 Å². The molecule has 1 aliphatic heterocycles. The van der Waals surface area contributed by atoms with Crippen molar-refractivity contribution in [2.75, 3.05) is 13.1 Å². The van der Waals surface area contributed by atoms with Gasteiger partial charge in [-0.25, -0.2) is 0 Å². The van der Waals surface area contributed by atoms with E-state index in [0.29, 0.717) is 5.56 Å². The molecule has 1 atom stereocenters. The summed E-state index contributed by atoms with van der Waals surface area (Å²) in [5.74, 6) is -0.858. The summed E-state index contributed by atoms with van der Waals surface area (Å²) in [5.41, 5.74) is -0.0333. The summed E-state index contributed by atoms with van der Waals surface area (Å²) in [4.78, 5) is 13.3. The number of nitrogens with zero attached hydrogens (tertiary/aromatic N) is 1. The lowest BCUT2D eigenvalue weighted by atomic mass is 9.86. The molecule has 4 nitrogen and oxygen atoms in total. The van der Waals surface area contributed by atoms with Gasteiger partial charge < -0.3 is 9.84 Å². The van der Waals surface area contributed by atoms with Crippen LogP contribution in [-0.2, 0) is 10.3 Å². The van der Waals surface area contributed by atoms with E-state index in [1.54, 1.807) is 12.1 Å². The van der Waals surface area contributed by atoms with Crippen LogP contribution in [0.25, 0.3) is 0 Å². The highest BCUT2D eigenvalue weighted by Crippen LogP contribution is 2.36. The zero-order valence-electron chi connectivity index (χ0n) is 11.9. The molecule has 1 aromatic rings. The fraction of sp³-hybridized carbons (Fsp3) is 0.533. The zero-order valence-corrected chi connectivity index (χ0v) is 11.9. The van der Waals surface area contributed by atoms with E-state index in [1.165, 1.54) is 12.1 Å². The SMILES string of the molecule is CC(CC(=O)O)(c1cccc(OC(F)F)c1)N1CCCC1. The highest BCUT2D eigenvalue weighted by atomic mass is 19.3. The predicted molar refractivity (Wildman–Crippen MR) is 73.5 cm³/mol. The van der Waals surface area contributed by atoms with Crippen molar-refractivity contribution in [2.24, 2.45) is 0 Å². The van der Waals surface area contributed by atoms with Gasteiger partial charge in [0.1, 0.15) is 5.75 Å². The Morgan fingerprint density at radius 2 is 2.10 bits per heavy atom. The normalized spacial score (nSPS) is 18.7. The van der Waals surface area contributed by atoms with Crippen LogP contribution in [0.1, 0.15) is 31.7 Å². The minimum Gasteiger partial charge on any atom is -0.481 e. The smallest absolute Gasteiger partial charge is 0.387 e. The van der Waals surface area contributed by atoms with E-state index in [2.05, 4.69) is 9.64 Å². The number of halogens is 2. The molecule has 1 N–H and O–H groups in total. The molecule has 0 radical (unpaired) electrons. The van der Waals surface area contributed by atoms with E-state index in [4.69, 9.17) is 0 Å². The molecule has 116 valence electrons. The molecule has 0 spiro atoms. The molecule has 0 aliphatic carbocycles. The Morgan fingerprint density at radius 1 is 1.43 bits per heavy atom. The van der Waals surface area contributed by atoms with Gasteiger partial charge in [-0.15, -0.1) is 0 Å². The second-order valence-corrected chi connectivity index (χ2v) is 5.44. The molecule has 1 aromatic carbocycles. The first-order chi connectivity index (χ1) is 9.91. The summed E-state index contributed by atoms with van der Waals surface area (Å²) in [6.07, 6.45) is 1.95. The summed E-state index contributed by atoms with van der Waals surface area (Å²) >= 11 is 0. The quantitative estimate of drug-likeness (QED) is 0.877. The summed E-state index contributed by atoms with van der Waals surface area (Å²) in [6, 6.07) is 6.33. The van der Waals surface area contributed by atoms with E-state index in [0.717, 1.165) is 25.9 Å². The Kier molecular flexibility index (Phi) is 4.77. The number of benzene rings is 1. The number of hydrogen-bond donors (Lipinski definition) is 1. The van der Waals surface area contributed by atoms with Crippen molar-refractivity contribution in [3.63, 3.8) is 0 Å². The maximum atomic E-state index is 12.3. The van der Waals surface area contributed by atoms with Crippen molar-refractivity contribution in [1.82, 2.24) is 4.90 Å². The monoisotopic (exact) mass is 299 g/mol. The standard InChI is InChI=1S/C15H19F2NO3/c1-15(10-13(19)20,18-7-2-3-8-18)11-5-4-6-12(9-11)21-14(16)17/h4-6,9,14H,2-3,7-8,10H2,1H3,(H,19,20). The second-order valence-electron chi connectivity index (χ2n) is 5.44. The number of carbonyl (C=O) groups is 1. The molecule has 1 aliphatic rings. The van der Waals surface area contributed by atoms with Gasteiger partial charge in [0.05, 0.1) is 12.0 Å². The maximum Gasteiger partial charge on any atom is 0.387 e. The Bertz CT molecular complexity index is 503. The Hall–Kier alpha value is -1.69. The Morgan fingerprint density at radius 3 is 2.67 bits per heavy atom.